The van der Waals surface area contributed by atoms with Crippen molar-refractivity contribution in [2.24, 2.45) is 13.0 Å². The van der Waals surface area contributed by atoms with E-state index in [1.165, 1.54) is 4.88 Å². The van der Waals surface area contributed by atoms with E-state index in [-0.39, 0.29) is 12.1 Å². The number of aryl methyl sites for hydroxylation is 1. The van der Waals surface area contributed by atoms with E-state index < -0.39 is 0 Å². The second kappa shape index (κ2) is 7.70. The lowest BCUT2D eigenvalue weighted by Crippen LogP contribution is -2.44. The van der Waals surface area contributed by atoms with Crippen molar-refractivity contribution in [2.45, 2.75) is 25.8 Å². The Morgan fingerprint density at radius 1 is 1.54 bits per heavy atom. The van der Waals surface area contributed by atoms with Crippen molar-refractivity contribution in [1.29, 1.82) is 0 Å². The summed E-state index contributed by atoms with van der Waals surface area (Å²) in [4.78, 5) is 15.7. The van der Waals surface area contributed by atoms with Crippen LogP contribution < -0.4 is 15.5 Å². The lowest BCUT2D eigenvalue weighted by Gasteiger charge is -2.18. The molecule has 6 nitrogen and oxygen atoms in total. The number of amides is 2. The molecule has 0 saturated carbocycles. The van der Waals surface area contributed by atoms with E-state index in [0.717, 1.165) is 31.6 Å². The molecule has 0 unspecified atom stereocenters. The molecule has 24 heavy (non-hydrogen) atoms. The van der Waals surface area contributed by atoms with Crippen molar-refractivity contribution in [2.75, 3.05) is 24.5 Å². The first kappa shape index (κ1) is 16.8. The molecule has 0 spiro atoms. The highest BCUT2D eigenvalue weighted by Crippen LogP contribution is 2.19. The number of nitrogens with zero attached hydrogens (tertiary/aromatic N) is 3. The number of anilines is 1. The Morgan fingerprint density at radius 3 is 3.12 bits per heavy atom. The summed E-state index contributed by atoms with van der Waals surface area (Å²) in [6.07, 6.45) is 5.85. The van der Waals surface area contributed by atoms with Crippen LogP contribution in [0.2, 0.25) is 0 Å². The molecule has 2 aromatic rings. The molecule has 3 heterocycles. The Kier molecular flexibility index (Phi) is 5.40. The molecule has 1 aliphatic rings. The zero-order chi connectivity index (χ0) is 16.9. The smallest absolute Gasteiger partial charge is 0.315 e. The van der Waals surface area contributed by atoms with Gasteiger partial charge in [-0.2, -0.15) is 5.10 Å². The average Bonchev–Trinajstić information content (AvgIpc) is 3.27. The molecule has 2 atom stereocenters. The van der Waals surface area contributed by atoms with Crippen molar-refractivity contribution in [3.05, 3.63) is 34.8 Å². The second-order valence-corrected chi connectivity index (χ2v) is 7.58. The van der Waals surface area contributed by atoms with Crippen LogP contribution in [0.5, 0.6) is 0 Å². The normalized spacial score (nSPS) is 18.6. The van der Waals surface area contributed by atoms with Gasteiger partial charge in [0.15, 0.2) is 0 Å². The Morgan fingerprint density at radius 2 is 2.42 bits per heavy atom. The van der Waals surface area contributed by atoms with Gasteiger partial charge in [0.05, 0.1) is 11.9 Å². The third kappa shape index (κ3) is 4.50. The highest BCUT2D eigenvalue weighted by atomic mass is 32.1. The van der Waals surface area contributed by atoms with Crippen molar-refractivity contribution < 1.29 is 4.79 Å². The monoisotopic (exact) mass is 347 g/mol. The van der Waals surface area contributed by atoms with Gasteiger partial charge in [-0.25, -0.2) is 4.79 Å². The average molecular weight is 347 g/mol. The molecule has 2 aromatic heterocycles. The zero-order valence-electron chi connectivity index (χ0n) is 14.2. The van der Waals surface area contributed by atoms with E-state index in [1.807, 2.05) is 19.4 Å². The van der Waals surface area contributed by atoms with E-state index in [9.17, 15) is 4.79 Å². The van der Waals surface area contributed by atoms with E-state index in [2.05, 4.69) is 45.1 Å². The van der Waals surface area contributed by atoms with E-state index in [4.69, 9.17) is 0 Å². The maximum atomic E-state index is 12.1. The molecule has 0 bridgehead atoms. The highest BCUT2D eigenvalue weighted by Gasteiger charge is 2.24. The summed E-state index contributed by atoms with van der Waals surface area (Å²) in [5, 5.41) is 12.4. The summed E-state index contributed by atoms with van der Waals surface area (Å²) in [6, 6.07) is 4.34. The molecule has 0 aliphatic carbocycles. The second-order valence-electron chi connectivity index (χ2n) is 6.55. The van der Waals surface area contributed by atoms with Crippen LogP contribution >= 0.6 is 11.3 Å². The predicted molar refractivity (Wildman–Crippen MR) is 97.5 cm³/mol. The fraction of sp³-hybridized carbons (Fsp3) is 0.529. The Bertz CT molecular complexity index is 654. The molecule has 1 aliphatic heterocycles. The van der Waals surface area contributed by atoms with Crippen molar-refractivity contribution in [1.82, 2.24) is 20.4 Å². The third-order valence-corrected chi connectivity index (χ3v) is 5.22. The van der Waals surface area contributed by atoms with Gasteiger partial charge in [0.1, 0.15) is 0 Å². The summed E-state index contributed by atoms with van der Waals surface area (Å²) in [6.45, 7) is 4.65. The molecule has 0 radical (unpaired) electrons. The van der Waals surface area contributed by atoms with Gasteiger partial charge in [0, 0.05) is 43.8 Å². The first-order valence-electron chi connectivity index (χ1n) is 8.40. The number of hydrogen-bond donors (Lipinski definition) is 2. The largest absolute Gasteiger partial charge is 0.367 e. The Balaban J connectivity index is 1.38. The lowest BCUT2D eigenvalue weighted by molar-refractivity contribution is 0.236. The molecule has 130 valence electrons. The van der Waals surface area contributed by atoms with Gasteiger partial charge < -0.3 is 15.5 Å². The van der Waals surface area contributed by atoms with E-state index in [0.29, 0.717) is 12.5 Å². The van der Waals surface area contributed by atoms with Gasteiger partial charge in [-0.3, -0.25) is 4.68 Å². The van der Waals surface area contributed by atoms with Crippen LogP contribution in [-0.2, 0) is 13.5 Å². The van der Waals surface area contributed by atoms with Gasteiger partial charge in [-0.05, 0) is 30.2 Å². The number of hydrogen-bond acceptors (Lipinski definition) is 4. The fourth-order valence-electron chi connectivity index (χ4n) is 3.03. The number of carbonyl (C=O) groups excluding carboxylic acids is 1. The minimum Gasteiger partial charge on any atom is -0.367 e. The number of thiophene rings is 1. The van der Waals surface area contributed by atoms with Crippen LogP contribution in [0.1, 0.15) is 18.2 Å². The van der Waals surface area contributed by atoms with Gasteiger partial charge in [0.2, 0.25) is 0 Å². The predicted octanol–water partition coefficient (Wildman–Crippen LogP) is 2.24. The summed E-state index contributed by atoms with van der Waals surface area (Å²) in [5.74, 6) is 0.435. The molecule has 1 fully saturated rings. The molecular weight excluding hydrogens is 322 g/mol. The number of rotatable bonds is 6. The van der Waals surface area contributed by atoms with Gasteiger partial charge in [-0.15, -0.1) is 11.3 Å². The number of urea groups is 1. The summed E-state index contributed by atoms with van der Waals surface area (Å²) in [5.41, 5.74) is 1.12. The first-order chi connectivity index (χ1) is 11.6. The van der Waals surface area contributed by atoms with Crippen LogP contribution in [0.25, 0.3) is 0 Å². The number of carbonyl (C=O) groups is 1. The molecule has 1 saturated heterocycles. The minimum atomic E-state index is -0.0638. The number of nitrogens with one attached hydrogen (secondary N) is 2. The SMILES string of the molecule is C[C@@H](CNC(=O)N[C@@H]1CCN(c2cnn(C)c2)C1)Cc1cccs1. The Labute approximate surface area is 146 Å². The molecular formula is C17H25N5OS. The van der Waals surface area contributed by atoms with Crippen LogP contribution in [-0.4, -0.2) is 41.5 Å². The molecule has 0 aromatic carbocycles. The third-order valence-electron chi connectivity index (χ3n) is 4.32. The van der Waals surface area contributed by atoms with Gasteiger partial charge >= 0.3 is 6.03 Å². The first-order valence-corrected chi connectivity index (χ1v) is 9.28. The maximum absolute atomic E-state index is 12.1. The van der Waals surface area contributed by atoms with Crippen molar-refractivity contribution >= 4 is 23.1 Å². The lowest BCUT2D eigenvalue weighted by atomic mass is 10.1. The number of aromatic nitrogens is 2. The van der Waals surface area contributed by atoms with Gasteiger partial charge in [0.25, 0.3) is 0 Å². The highest BCUT2D eigenvalue weighted by molar-refractivity contribution is 7.09. The quantitative estimate of drug-likeness (QED) is 0.842. The minimum absolute atomic E-state index is 0.0638. The molecule has 2 N–H and O–H groups in total. The fourth-order valence-corrected chi connectivity index (χ4v) is 3.90. The van der Waals surface area contributed by atoms with E-state index >= 15 is 0 Å². The van der Waals surface area contributed by atoms with Crippen molar-refractivity contribution in [3.8, 4) is 0 Å². The van der Waals surface area contributed by atoms with Crippen molar-refractivity contribution in [3.63, 3.8) is 0 Å². The molecule has 7 heteroatoms. The standard InChI is InChI=1S/C17H25N5OS/c1-13(8-16-4-3-7-24-16)9-18-17(23)20-14-5-6-22(11-14)15-10-19-21(2)12-15/h3-4,7,10,12-14H,5-6,8-9,11H2,1-2H3,(H2,18,20,23)/t13-,14-/m1/s1. The Hall–Kier alpha value is -2.02. The topological polar surface area (TPSA) is 62.2 Å². The summed E-state index contributed by atoms with van der Waals surface area (Å²) >= 11 is 1.77. The summed E-state index contributed by atoms with van der Waals surface area (Å²) in [7, 11) is 1.92. The molecule has 2 amide bonds. The maximum Gasteiger partial charge on any atom is 0.315 e. The van der Waals surface area contributed by atoms with Crippen LogP contribution in [0.15, 0.2) is 29.9 Å². The van der Waals surface area contributed by atoms with Crippen LogP contribution in [0.3, 0.4) is 0 Å². The van der Waals surface area contributed by atoms with Gasteiger partial charge in [-0.1, -0.05) is 13.0 Å². The zero-order valence-corrected chi connectivity index (χ0v) is 15.1. The van der Waals surface area contributed by atoms with Crippen LogP contribution in [0, 0.1) is 5.92 Å². The van der Waals surface area contributed by atoms with Crippen LogP contribution in [0.4, 0.5) is 10.5 Å². The molecule has 3 rings (SSSR count). The van der Waals surface area contributed by atoms with E-state index in [1.54, 1.807) is 16.0 Å². The summed E-state index contributed by atoms with van der Waals surface area (Å²) < 4.78 is 1.80.